The molecule has 0 spiro atoms. The molecule has 3 heteroatoms. The van der Waals surface area contributed by atoms with E-state index >= 15 is 0 Å². The minimum absolute atomic E-state index is 0.0318. The highest BCUT2D eigenvalue weighted by Gasteiger charge is 2.24. The topological polar surface area (TPSA) is 29.5 Å². The molecule has 0 saturated carbocycles. The maximum absolute atomic E-state index is 9.63. The lowest BCUT2D eigenvalue weighted by Gasteiger charge is -2.28. The van der Waals surface area contributed by atoms with Crippen molar-refractivity contribution >= 4 is 15.9 Å². The fourth-order valence-electron chi connectivity index (χ4n) is 2.03. The molecule has 1 aromatic rings. The normalized spacial score (nSPS) is 26.6. The fraction of sp³-hybridized carbons (Fsp3) is 0.500. The van der Waals surface area contributed by atoms with Gasteiger partial charge in [-0.1, -0.05) is 28.1 Å². The number of rotatable bonds is 1. The molecule has 1 saturated heterocycles. The summed E-state index contributed by atoms with van der Waals surface area (Å²) >= 11 is 3.54. The summed E-state index contributed by atoms with van der Waals surface area (Å²) in [7, 11) is 0. The van der Waals surface area contributed by atoms with Crippen molar-refractivity contribution in [1.82, 2.24) is 0 Å². The second-order valence-corrected chi connectivity index (χ2v) is 4.86. The third-order valence-electron chi connectivity index (χ3n) is 2.85. The predicted octanol–water partition coefficient (Wildman–Crippen LogP) is 2.97. The van der Waals surface area contributed by atoms with Crippen LogP contribution in [0.1, 0.15) is 30.1 Å². The maximum Gasteiger partial charge on any atom is 0.0863 e. The number of benzene rings is 1. The van der Waals surface area contributed by atoms with Crippen LogP contribution in [-0.4, -0.2) is 17.8 Å². The van der Waals surface area contributed by atoms with Gasteiger partial charge in [-0.05, 0) is 30.5 Å². The van der Waals surface area contributed by atoms with Crippen molar-refractivity contribution in [2.24, 2.45) is 0 Å². The SMILES string of the molecule is Cc1cccc(Br)c1C1CC(O)CCO1. The van der Waals surface area contributed by atoms with E-state index in [4.69, 9.17) is 4.74 Å². The average Bonchev–Trinajstić information content (AvgIpc) is 2.17. The van der Waals surface area contributed by atoms with Crippen molar-refractivity contribution in [2.75, 3.05) is 6.61 Å². The van der Waals surface area contributed by atoms with Crippen molar-refractivity contribution in [3.05, 3.63) is 33.8 Å². The Labute approximate surface area is 98.4 Å². The molecule has 15 heavy (non-hydrogen) atoms. The average molecular weight is 271 g/mol. The molecule has 82 valence electrons. The zero-order chi connectivity index (χ0) is 10.8. The lowest BCUT2D eigenvalue weighted by atomic mass is 9.96. The molecule has 0 bridgehead atoms. The van der Waals surface area contributed by atoms with Crippen molar-refractivity contribution in [3.8, 4) is 0 Å². The Morgan fingerprint density at radius 2 is 2.27 bits per heavy atom. The lowest BCUT2D eigenvalue weighted by molar-refractivity contribution is -0.0453. The van der Waals surface area contributed by atoms with E-state index in [1.165, 1.54) is 11.1 Å². The zero-order valence-corrected chi connectivity index (χ0v) is 10.3. The molecule has 1 aromatic carbocycles. The molecule has 1 N–H and O–H groups in total. The first-order valence-electron chi connectivity index (χ1n) is 5.23. The van der Waals surface area contributed by atoms with Crippen LogP contribution < -0.4 is 0 Å². The summed E-state index contributed by atoms with van der Waals surface area (Å²) in [6, 6.07) is 6.11. The van der Waals surface area contributed by atoms with Crippen LogP contribution in [0.3, 0.4) is 0 Å². The Hall–Kier alpha value is -0.380. The molecule has 2 atom stereocenters. The molecule has 0 radical (unpaired) electrons. The van der Waals surface area contributed by atoms with Crippen LogP contribution >= 0.6 is 15.9 Å². The molecule has 2 nitrogen and oxygen atoms in total. The molecule has 1 heterocycles. The molecule has 0 aliphatic carbocycles. The second-order valence-electron chi connectivity index (χ2n) is 4.01. The molecule has 1 aliphatic heterocycles. The van der Waals surface area contributed by atoms with Gasteiger partial charge in [-0.2, -0.15) is 0 Å². The highest BCUT2D eigenvalue weighted by atomic mass is 79.9. The summed E-state index contributed by atoms with van der Waals surface area (Å²) in [5, 5.41) is 9.63. The smallest absolute Gasteiger partial charge is 0.0863 e. The van der Waals surface area contributed by atoms with E-state index < -0.39 is 0 Å². The van der Waals surface area contributed by atoms with E-state index in [0.717, 1.165) is 10.9 Å². The molecular formula is C12H15BrO2. The van der Waals surface area contributed by atoms with Gasteiger partial charge in [-0.15, -0.1) is 0 Å². The highest BCUT2D eigenvalue weighted by molar-refractivity contribution is 9.10. The summed E-state index contributed by atoms with van der Waals surface area (Å²) in [6.45, 7) is 2.72. The van der Waals surface area contributed by atoms with Crippen LogP contribution in [0.4, 0.5) is 0 Å². The third-order valence-corrected chi connectivity index (χ3v) is 3.54. The van der Waals surface area contributed by atoms with E-state index in [1.807, 2.05) is 12.1 Å². The Morgan fingerprint density at radius 3 is 2.93 bits per heavy atom. The molecule has 1 aliphatic rings. The summed E-state index contributed by atoms with van der Waals surface area (Å²) in [5.41, 5.74) is 2.39. The van der Waals surface area contributed by atoms with Crippen LogP contribution in [0, 0.1) is 6.92 Å². The van der Waals surface area contributed by atoms with E-state index in [-0.39, 0.29) is 12.2 Å². The van der Waals surface area contributed by atoms with Gasteiger partial charge in [-0.3, -0.25) is 0 Å². The van der Waals surface area contributed by atoms with Gasteiger partial charge >= 0.3 is 0 Å². The van der Waals surface area contributed by atoms with Gasteiger partial charge in [0, 0.05) is 17.5 Å². The fourth-order valence-corrected chi connectivity index (χ4v) is 2.75. The lowest BCUT2D eigenvalue weighted by Crippen LogP contribution is -2.24. The van der Waals surface area contributed by atoms with E-state index in [9.17, 15) is 5.11 Å². The number of ether oxygens (including phenoxy) is 1. The minimum Gasteiger partial charge on any atom is -0.393 e. The Kier molecular flexibility index (Phi) is 3.44. The number of aliphatic hydroxyl groups is 1. The van der Waals surface area contributed by atoms with Crippen LogP contribution in [0.2, 0.25) is 0 Å². The quantitative estimate of drug-likeness (QED) is 0.850. The standard InChI is InChI=1S/C12H15BrO2/c1-8-3-2-4-10(13)12(8)11-7-9(14)5-6-15-11/h2-4,9,11,14H,5-7H2,1H3. The van der Waals surface area contributed by atoms with Crippen LogP contribution in [-0.2, 0) is 4.74 Å². The number of aliphatic hydroxyl groups excluding tert-OH is 1. The summed E-state index contributed by atoms with van der Waals surface area (Å²) in [5.74, 6) is 0. The van der Waals surface area contributed by atoms with Gasteiger partial charge in [0.25, 0.3) is 0 Å². The Balaban J connectivity index is 2.28. The molecule has 2 unspecified atom stereocenters. The van der Waals surface area contributed by atoms with Gasteiger partial charge in [0.2, 0.25) is 0 Å². The first kappa shape index (κ1) is 11.1. The van der Waals surface area contributed by atoms with Crippen molar-refractivity contribution in [1.29, 1.82) is 0 Å². The highest BCUT2D eigenvalue weighted by Crippen LogP contribution is 2.34. The van der Waals surface area contributed by atoms with Gasteiger partial charge in [0.1, 0.15) is 0 Å². The Bertz CT molecular complexity index is 331. The van der Waals surface area contributed by atoms with E-state index in [1.54, 1.807) is 0 Å². The van der Waals surface area contributed by atoms with Gasteiger partial charge in [-0.25, -0.2) is 0 Å². The van der Waals surface area contributed by atoms with E-state index in [2.05, 4.69) is 28.9 Å². The minimum atomic E-state index is -0.227. The summed E-state index contributed by atoms with van der Waals surface area (Å²) < 4.78 is 6.78. The zero-order valence-electron chi connectivity index (χ0n) is 8.74. The molecular weight excluding hydrogens is 256 g/mol. The van der Waals surface area contributed by atoms with Gasteiger partial charge < -0.3 is 9.84 Å². The molecule has 1 fully saturated rings. The second kappa shape index (κ2) is 4.64. The molecule has 0 amide bonds. The number of halogens is 1. The molecule has 0 aromatic heterocycles. The van der Waals surface area contributed by atoms with Crippen LogP contribution in [0.15, 0.2) is 22.7 Å². The Morgan fingerprint density at radius 1 is 1.47 bits per heavy atom. The van der Waals surface area contributed by atoms with Gasteiger partial charge in [0.05, 0.1) is 12.2 Å². The number of hydrogen-bond acceptors (Lipinski definition) is 2. The predicted molar refractivity (Wildman–Crippen MR) is 62.8 cm³/mol. The monoisotopic (exact) mass is 270 g/mol. The van der Waals surface area contributed by atoms with Crippen molar-refractivity contribution in [2.45, 2.75) is 32.0 Å². The number of aryl methyl sites for hydroxylation is 1. The first-order valence-corrected chi connectivity index (χ1v) is 6.02. The van der Waals surface area contributed by atoms with Crippen LogP contribution in [0.25, 0.3) is 0 Å². The number of hydrogen-bond donors (Lipinski definition) is 1. The summed E-state index contributed by atoms with van der Waals surface area (Å²) in [6.07, 6.45) is 1.25. The van der Waals surface area contributed by atoms with Gasteiger partial charge in [0.15, 0.2) is 0 Å². The maximum atomic E-state index is 9.63. The van der Waals surface area contributed by atoms with Crippen molar-refractivity contribution < 1.29 is 9.84 Å². The molecule has 2 rings (SSSR count). The van der Waals surface area contributed by atoms with E-state index in [0.29, 0.717) is 13.0 Å². The van der Waals surface area contributed by atoms with Crippen molar-refractivity contribution in [3.63, 3.8) is 0 Å². The summed E-state index contributed by atoms with van der Waals surface area (Å²) in [4.78, 5) is 0. The first-order chi connectivity index (χ1) is 7.18. The third kappa shape index (κ3) is 2.41. The van der Waals surface area contributed by atoms with Crippen LogP contribution in [0.5, 0.6) is 0 Å². The largest absolute Gasteiger partial charge is 0.393 e.